The zero-order chi connectivity index (χ0) is 12.6. The van der Waals surface area contributed by atoms with Gasteiger partial charge in [-0.1, -0.05) is 17.7 Å². The molecule has 1 rings (SSSR count). The van der Waals surface area contributed by atoms with Crippen LogP contribution in [0.1, 0.15) is 5.56 Å². The van der Waals surface area contributed by atoms with Gasteiger partial charge in [0, 0.05) is 5.92 Å². The molecule has 1 aromatic carbocycles. The number of halogens is 7. The van der Waals surface area contributed by atoms with Crippen LogP contribution in [-0.2, 0) is 0 Å². The van der Waals surface area contributed by atoms with E-state index < -0.39 is 23.8 Å². The van der Waals surface area contributed by atoms with Crippen LogP contribution in [0.2, 0.25) is 5.02 Å². The van der Waals surface area contributed by atoms with Crippen LogP contribution in [0.3, 0.4) is 0 Å². The van der Waals surface area contributed by atoms with Crippen LogP contribution in [0.25, 0.3) is 0 Å². The Morgan fingerprint density at radius 2 is 1.44 bits per heavy atom. The number of hydrogen-bond acceptors (Lipinski definition) is 0. The summed E-state index contributed by atoms with van der Waals surface area (Å²) in [5.74, 6) is -2.55. The third-order valence-corrected chi connectivity index (χ3v) is 1.92. The first-order chi connectivity index (χ1) is 7.12. The Kier molecular flexibility index (Phi) is 3.33. The van der Waals surface area contributed by atoms with Gasteiger partial charge in [0.05, 0.1) is 0 Å². The fourth-order valence-corrected chi connectivity index (χ4v) is 1.32. The molecule has 0 amide bonds. The molecule has 0 saturated carbocycles. The minimum absolute atomic E-state index is 0.191. The normalized spacial score (nSPS) is 12.7. The summed E-state index contributed by atoms with van der Waals surface area (Å²) in [5.41, 5.74) is -0.993. The molecule has 0 saturated heterocycles. The third-order valence-electron chi connectivity index (χ3n) is 1.68. The maximum atomic E-state index is 12.2. The molecular formula is C9H4ClF6-. The summed E-state index contributed by atoms with van der Waals surface area (Å²) >= 11 is 5.34. The van der Waals surface area contributed by atoms with Crippen molar-refractivity contribution in [2.45, 2.75) is 12.4 Å². The van der Waals surface area contributed by atoms with Crippen molar-refractivity contribution in [1.82, 2.24) is 0 Å². The summed E-state index contributed by atoms with van der Waals surface area (Å²) in [6, 6.07) is 3.55. The van der Waals surface area contributed by atoms with Gasteiger partial charge in [0.25, 0.3) is 0 Å². The summed E-state index contributed by atoms with van der Waals surface area (Å²) in [5, 5.41) is -0.191. The average molecular weight is 262 g/mol. The molecule has 0 aromatic heterocycles. The standard InChI is InChI=1S/C9H4ClF6/c10-6-3-1-2-5(4-6)7(8(11,12)13)9(14,15)16/h1-4H/q-1. The second-order valence-electron chi connectivity index (χ2n) is 2.88. The molecule has 0 N–H and O–H groups in total. The van der Waals surface area contributed by atoms with Gasteiger partial charge in [-0.2, -0.15) is 38.0 Å². The monoisotopic (exact) mass is 261 g/mol. The van der Waals surface area contributed by atoms with Crippen molar-refractivity contribution < 1.29 is 26.3 Å². The van der Waals surface area contributed by atoms with Crippen LogP contribution < -0.4 is 0 Å². The zero-order valence-electron chi connectivity index (χ0n) is 7.46. The fourth-order valence-electron chi connectivity index (χ4n) is 1.13. The molecule has 0 unspecified atom stereocenters. The van der Waals surface area contributed by atoms with Gasteiger partial charge in [-0.05, 0) is 5.02 Å². The summed E-state index contributed by atoms with van der Waals surface area (Å²) in [6.07, 6.45) is -10.9. The molecule has 1 aromatic rings. The highest BCUT2D eigenvalue weighted by atomic mass is 35.5. The molecule has 0 bridgehead atoms. The molecule has 0 aliphatic rings. The second-order valence-corrected chi connectivity index (χ2v) is 3.32. The zero-order valence-corrected chi connectivity index (χ0v) is 8.21. The maximum absolute atomic E-state index is 12.2. The number of alkyl halides is 6. The fraction of sp³-hybridized carbons (Fsp3) is 0.222. The minimum Gasteiger partial charge on any atom is -0.179 e. The molecule has 7 heteroatoms. The maximum Gasteiger partial charge on any atom is 0.375 e. The van der Waals surface area contributed by atoms with Gasteiger partial charge in [0.2, 0.25) is 0 Å². The largest absolute Gasteiger partial charge is 0.375 e. The van der Waals surface area contributed by atoms with Gasteiger partial charge in [-0.3, -0.25) is 0 Å². The van der Waals surface area contributed by atoms with Crippen LogP contribution in [0.4, 0.5) is 26.3 Å². The van der Waals surface area contributed by atoms with E-state index in [0.29, 0.717) is 12.1 Å². The van der Waals surface area contributed by atoms with E-state index in [1.54, 1.807) is 0 Å². The first kappa shape index (κ1) is 13.0. The lowest BCUT2D eigenvalue weighted by Gasteiger charge is -2.30. The highest BCUT2D eigenvalue weighted by molar-refractivity contribution is 6.30. The molecule has 0 fully saturated rings. The van der Waals surface area contributed by atoms with Crippen molar-refractivity contribution in [3.05, 3.63) is 40.8 Å². The smallest absolute Gasteiger partial charge is 0.179 e. The number of hydrogen-bond donors (Lipinski definition) is 0. The van der Waals surface area contributed by atoms with E-state index in [-0.39, 0.29) is 5.02 Å². The van der Waals surface area contributed by atoms with Crippen molar-refractivity contribution in [1.29, 1.82) is 0 Å². The molecule has 0 heterocycles. The molecular weight excluding hydrogens is 258 g/mol. The Labute approximate surface area is 91.8 Å². The van der Waals surface area contributed by atoms with Gasteiger partial charge >= 0.3 is 12.4 Å². The molecule has 16 heavy (non-hydrogen) atoms. The predicted molar refractivity (Wildman–Crippen MR) is 45.9 cm³/mol. The first-order valence-corrected chi connectivity index (χ1v) is 4.27. The molecule has 0 nitrogen and oxygen atoms in total. The lowest BCUT2D eigenvalue weighted by Crippen LogP contribution is -2.35. The van der Waals surface area contributed by atoms with Gasteiger partial charge < -0.3 is 0 Å². The highest BCUT2D eigenvalue weighted by Crippen LogP contribution is 2.45. The molecule has 0 aliphatic heterocycles. The van der Waals surface area contributed by atoms with Crippen LogP contribution >= 0.6 is 11.6 Å². The van der Waals surface area contributed by atoms with Crippen molar-refractivity contribution >= 4 is 11.6 Å². The molecule has 0 aliphatic carbocycles. The van der Waals surface area contributed by atoms with Crippen LogP contribution in [0, 0.1) is 5.92 Å². The summed E-state index contributed by atoms with van der Waals surface area (Å²) in [4.78, 5) is 0. The summed E-state index contributed by atoms with van der Waals surface area (Å²) in [6.45, 7) is 0. The Balaban J connectivity index is 3.23. The van der Waals surface area contributed by atoms with E-state index in [4.69, 9.17) is 11.6 Å². The summed E-state index contributed by atoms with van der Waals surface area (Å²) in [7, 11) is 0. The molecule has 0 spiro atoms. The van der Waals surface area contributed by atoms with Crippen molar-refractivity contribution in [3.63, 3.8) is 0 Å². The SMILES string of the molecule is FC(F)(F)[C-](c1cccc(Cl)c1)C(F)(F)F. The third kappa shape index (κ3) is 2.98. The molecule has 90 valence electrons. The van der Waals surface area contributed by atoms with Crippen molar-refractivity contribution in [2.24, 2.45) is 0 Å². The number of rotatable bonds is 1. The average Bonchev–Trinajstić information content (AvgIpc) is 1.97. The highest BCUT2D eigenvalue weighted by Gasteiger charge is 2.51. The van der Waals surface area contributed by atoms with Crippen molar-refractivity contribution in [2.75, 3.05) is 0 Å². The van der Waals surface area contributed by atoms with E-state index in [1.165, 1.54) is 6.07 Å². The Morgan fingerprint density at radius 1 is 0.938 bits per heavy atom. The quantitative estimate of drug-likeness (QED) is 0.520. The molecule has 0 radical (unpaired) electrons. The van der Waals surface area contributed by atoms with Gasteiger partial charge in [0.15, 0.2) is 0 Å². The van der Waals surface area contributed by atoms with Crippen LogP contribution in [-0.4, -0.2) is 12.4 Å². The Morgan fingerprint density at radius 3 is 1.81 bits per heavy atom. The second kappa shape index (κ2) is 4.08. The van der Waals surface area contributed by atoms with Gasteiger partial charge in [-0.15, -0.1) is 12.1 Å². The van der Waals surface area contributed by atoms with E-state index in [9.17, 15) is 26.3 Å². The lowest BCUT2D eigenvalue weighted by atomic mass is 9.98. The lowest BCUT2D eigenvalue weighted by molar-refractivity contribution is -0.197. The minimum atomic E-state index is -5.47. The van der Waals surface area contributed by atoms with Crippen LogP contribution in [0.15, 0.2) is 24.3 Å². The van der Waals surface area contributed by atoms with Gasteiger partial charge in [0.1, 0.15) is 0 Å². The van der Waals surface area contributed by atoms with Crippen molar-refractivity contribution in [3.8, 4) is 0 Å². The van der Waals surface area contributed by atoms with Gasteiger partial charge in [-0.25, -0.2) is 0 Å². The van der Waals surface area contributed by atoms with E-state index in [0.717, 1.165) is 6.07 Å². The summed E-state index contributed by atoms with van der Waals surface area (Å²) < 4.78 is 73.4. The topological polar surface area (TPSA) is 0 Å². The van der Waals surface area contributed by atoms with E-state index in [2.05, 4.69) is 0 Å². The van der Waals surface area contributed by atoms with Crippen LogP contribution in [0.5, 0.6) is 0 Å². The van der Waals surface area contributed by atoms with E-state index in [1.807, 2.05) is 0 Å². The first-order valence-electron chi connectivity index (χ1n) is 3.89. The Hall–Kier alpha value is -1.04. The Bertz CT molecular complexity index is 353. The predicted octanol–water partition coefficient (Wildman–Crippen LogP) is 4.39. The van der Waals surface area contributed by atoms with E-state index >= 15 is 0 Å². The number of benzene rings is 1. The molecule has 0 atom stereocenters.